The average Bonchev–Trinajstić information content (AvgIpc) is 2.53. The predicted molar refractivity (Wildman–Crippen MR) is 81.5 cm³/mol. The summed E-state index contributed by atoms with van der Waals surface area (Å²) < 4.78 is 49.1. The maximum Gasteiger partial charge on any atom is 0.419 e. The summed E-state index contributed by atoms with van der Waals surface area (Å²) in [4.78, 5) is 12.2. The van der Waals surface area contributed by atoms with Gasteiger partial charge in [-0.1, -0.05) is 12.1 Å². The Morgan fingerprint density at radius 2 is 2.00 bits per heavy atom. The topological polar surface area (TPSA) is 73.6 Å². The molecule has 24 heavy (non-hydrogen) atoms. The number of carbonyl (C=O) groups is 1. The first-order valence-electron chi connectivity index (χ1n) is 7.69. The van der Waals surface area contributed by atoms with Crippen molar-refractivity contribution >= 4 is 5.91 Å². The Morgan fingerprint density at radius 1 is 1.38 bits per heavy atom. The van der Waals surface area contributed by atoms with Crippen LogP contribution in [0.3, 0.4) is 0 Å². The minimum absolute atomic E-state index is 0.0919. The van der Waals surface area contributed by atoms with E-state index in [1.54, 1.807) is 6.92 Å². The molecule has 0 aromatic heterocycles. The third-order valence-electron chi connectivity index (χ3n) is 3.90. The summed E-state index contributed by atoms with van der Waals surface area (Å²) in [5.74, 6) is -0.606. The Bertz CT molecular complexity index is 572. The molecule has 1 fully saturated rings. The van der Waals surface area contributed by atoms with Crippen LogP contribution in [0.2, 0.25) is 0 Å². The molecule has 1 aliphatic heterocycles. The van der Waals surface area contributed by atoms with E-state index in [9.17, 15) is 18.0 Å². The van der Waals surface area contributed by atoms with E-state index >= 15 is 0 Å². The highest BCUT2D eigenvalue weighted by atomic mass is 19.4. The molecule has 3 N–H and O–H groups in total. The lowest BCUT2D eigenvalue weighted by atomic mass is 9.90. The third-order valence-corrected chi connectivity index (χ3v) is 3.90. The number of benzene rings is 1. The largest absolute Gasteiger partial charge is 0.491 e. The molecule has 134 valence electrons. The SMILES string of the molecule is CC(COc1ccccc1C(F)(F)F)NC(=O)C1(N)CCOCC1. The Hall–Kier alpha value is -1.80. The number of hydrogen-bond acceptors (Lipinski definition) is 4. The van der Waals surface area contributed by atoms with E-state index in [4.69, 9.17) is 15.2 Å². The van der Waals surface area contributed by atoms with Crippen molar-refractivity contribution in [2.45, 2.75) is 37.5 Å². The Morgan fingerprint density at radius 3 is 2.62 bits per heavy atom. The molecule has 1 aromatic carbocycles. The first-order chi connectivity index (χ1) is 11.2. The Balaban J connectivity index is 1.92. The highest BCUT2D eigenvalue weighted by Crippen LogP contribution is 2.35. The van der Waals surface area contributed by atoms with Crippen LogP contribution in [-0.2, 0) is 15.7 Å². The summed E-state index contributed by atoms with van der Waals surface area (Å²) in [7, 11) is 0. The molecule has 1 unspecified atom stereocenters. The molecule has 8 heteroatoms. The third kappa shape index (κ3) is 4.61. The van der Waals surface area contributed by atoms with Crippen LogP contribution in [0.25, 0.3) is 0 Å². The van der Waals surface area contributed by atoms with Gasteiger partial charge in [-0.2, -0.15) is 13.2 Å². The zero-order chi connectivity index (χ0) is 17.8. The predicted octanol–water partition coefficient (Wildman–Crippen LogP) is 2.10. The van der Waals surface area contributed by atoms with Gasteiger partial charge in [-0.3, -0.25) is 4.79 Å². The van der Waals surface area contributed by atoms with Gasteiger partial charge < -0.3 is 20.5 Å². The number of nitrogens with one attached hydrogen (secondary N) is 1. The average molecular weight is 346 g/mol. The van der Waals surface area contributed by atoms with Gasteiger partial charge in [-0.15, -0.1) is 0 Å². The van der Waals surface area contributed by atoms with Crippen LogP contribution in [0.4, 0.5) is 13.2 Å². The normalized spacial score (nSPS) is 18.7. The van der Waals surface area contributed by atoms with Crippen LogP contribution in [0.15, 0.2) is 24.3 Å². The highest BCUT2D eigenvalue weighted by molar-refractivity contribution is 5.86. The fourth-order valence-corrected chi connectivity index (χ4v) is 2.41. The second-order valence-electron chi connectivity index (χ2n) is 5.95. The molecule has 2 rings (SSSR count). The summed E-state index contributed by atoms with van der Waals surface area (Å²) in [6.45, 7) is 2.38. The van der Waals surface area contributed by atoms with Crippen molar-refractivity contribution in [3.8, 4) is 5.75 Å². The lowest BCUT2D eigenvalue weighted by Gasteiger charge is -2.33. The van der Waals surface area contributed by atoms with E-state index in [2.05, 4.69) is 5.32 Å². The van der Waals surface area contributed by atoms with Crippen LogP contribution >= 0.6 is 0 Å². The van der Waals surface area contributed by atoms with E-state index < -0.39 is 23.3 Å². The van der Waals surface area contributed by atoms with E-state index in [-0.39, 0.29) is 18.3 Å². The maximum atomic E-state index is 12.9. The monoisotopic (exact) mass is 346 g/mol. The lowest BCUT2D eigenvalue weighted by molar-refractivity contribution is -0.139. The van der Waals surface area contributed by atoms with Crippen molar-refractivity contribution in [1.29, 1.82) is 0 Å². The molecule has 0 aliphatic carbocycles. The molecule has 0 spiro atoms. The second kappa shape index (κ2) is 7.40. The van der Waals surface area contributed by atoms with Crippen LogP contribution in [0.1, 0.15) is 25.3 Å². The van der Waals surface area contributed by atoms with Crippen LogP contribution in [0, 0.1) is 0 Å². The number of alkyl halides is 3. The highest BCUT2D eigenvalue weighted by Gasteiger charge is 2.37. The quantitative estimate of drug-likeness (QED) is 0.856. The van der Waals surface area contributed by atoms with Gasteiger partial charge in [-0.25, -0.2) is 0 Å². The number of halogens is 3. The molecular weight excluding hydrogens is 325 g/mol. The minimum Gasteiger partial charge on any atom is -0.491 e. The number of ether oxygens (including phenoxy) is 2. The number of carbonyl (C=O) groups excluding carboxylic acids is 1. The number of para-hydroxylation sites is 1. The number of hydrogen-bond donors (Lipinski definition) is 2. The van der Waals surface area contributed by atoms with Crippen molar-refractivity contribution in [3.05, 3.63) is 29.8 Å². The molecule has 1 heterocycles. The molecule has 0 saturated carbocycles. The smallest absolute Gasteiger partial charge is 0.419 e. The van der Waals surface area contributed by atoms with Crippen LogP contribution < -0.4 is 15.8 Å². The Kier molecular flexibility index (Phi) is 5.71. The zero-order valence-corrected chi connectivity index (χ0v) is 13.4. The van der Waals surface area contributed by atoms with Crippen molar-refractivity contribution in [1.82, 2.24) is 5.32 Å². The van der Waals surface area contributed by atoms with Gasteiger partial charge in [0.2, 0.25) is 5.91 Å². The van der Waals surface area contributed by atoms with Crippen LogP contribution in [0.5, 0.6) is 5.75 Å². The van der Waals surface area contributed by atoms with E-state index in [0.717, 1.165) is 6.07 Å². The molecule has 1 aliphatic rings. The van der Waals surface area contributed by atoms with E-state index in [1.807, 2.05) is 0 Å². The fourth-order valence-electron chi connectivity index (χ4n) is 2.41. The molecule has 1 saturated heterocycles. The second-order valence-corrected chi connectivity index (χ2v) is 5.95. The standard InChI is InChI=1S/C16H21F3N2O3/c1-11(21-14(22)15(20)6-8-23-9-7-15)10-24-13-5-3-2-4-12(13)16(17,18)19/h2-5,11H,6-10,20H2,1H3,(H,21,22). The van der Waals surface area contributed by atoms with Gasteiger partial charge in [0.1, 0.15) is 12.4 Å². The van der Waals surface area contributed by atoms with Gasteiger partial charge in [0.25, 0.3) is 0 Å². The van der Waals surface area contributed by atoms with E-state index in [1.165, 1.54) is 18.2 Å². The number of rotatable bonds is 5. The molecular formula is C16H21F3N2O3. The van der Waals surface area contributed by atoms with Crippen molar-refractivity contribution in [2.24, 2.45) is 5.73 Å². The summed E-state index contributed by atoms with van der Waals surface area (Å²) in [6, 6.07) is 4.48. The molecule has 0 radical (unpaired) electrons. The summed E-state index contributed by atoms with van der Waals surface area (Å²) in [5, 5.41) is 2.69. The Labute approximate surface area is 138 Å². The number of amides is 1. The van der Waals surface area contributed by atoms with Gasteiger partial charge in [0.15, 0.2) is 0 Å². The molecule has 1 atom stereocenters. The molecule has 1 aromatic rings. The maximum absolute atomic E-state index is 12.9. The zero-order valence-electron chi connectivity index (χ0n) is 13.4. The summed E-state index contributed by atoms with van der Waals surface area (Å²) >= 11 is 0. The van der Waals surface area contributed by atoms with Gasteiger partial charge in [0.05, 0.1) is 17.1 Å². The van der Waals surface area contributed by atoms with Gasteiger partial charge in [-0.05, 0) is 31.9 Å². The number of nitrogens with two attached hydrogens (primary N) is 1. The van der Waals surface area contributed by atoms with Crippen molar-refractivity contribution in [2.75, 3.05) is 19.8 Å². The summed E-state index contributed by atoms with van der Waals surface area (Å²) in [5.41, 5.74) is 4.21. The van der Waals surface area contributed by atoms with Gasteiger partial charge >= 0.3 is 6.18 Å². The first-order valence-corrected chi connectivity index (χ1v) is 7.69. The molecule has 0 bridgehead atoms. The lowest BCUT2D eigenvalue weighted by Crippen LogP contribution is -2.58. The van der Waals surface area contributed by atoms with Crippen molar-refractivity contribution in [3.63, 3.8) is 0 Å². The van der Waals surface area contributed by atoms with Crippen molar-refractivity contribution < 1.29 is 27.4 Å². The first kappa shape index (κ1) is 18.5. The molecule has 5 nitrogen and oxygen atoms in total. The molecule has 1 amide bonds. The summed E-state index contributed by atoms with van der Waals surface area (Å²) in [6.07, 6.45) is -3.68. The van der Waals surface area contributed by atoms with Crippen LogP contribution in [-0.4, -0.2) is 37.3 Å². The van der Waals surface area contributed by atoms with Gasteiger partial charge in [0, 0.05) is 13.2 Å². The fraction of sp³-hybridized carbons (Fsp3) is 0.562. The van der Waals surface area contributed by atoms with E-state index in [0.29, 0.717) is 26.1 Å². The minimum atomic E-state index is -4.49.